The predicted octanol–water partition coefficient (Wildman–Crippen LogP) is 3.97. The first-order chi connectivity index (χ1) is 8.60. The van der Waals surface area contributed by atoms with Crippen LogP contribution in [0.3, 0.4) is 0 Å². The SMILES string of the molecule is COc1cc(Oc2cccc(Br)c2)c(F)cc1N. The van der Waals surface area contributed by atoms with E-state index >= 15 is 0 Å². The summed E-state index contributed by atoms with van der Waals surface area (Å²) in [7, 11) is 1.46. The molecule has 0 amide bonds. The Kier molecular flexibility index (Phi) is 3.72. The van der Waals surface area contributed by atoms with Crippen LogP contribution in [-0.2, 0) is 0 Å². The maximum Gasteiger partial charge on any atom is 0.168 e. The molecule has 0 aromatic heterocycles. The van der Waals surface area contributed by atoms with Crippen LogP contribution in [0, 0.1) is 5.82 Å². The van der Waals surface area contributed by atoms with Gasteiger partial charge in [-0.15, -0.1) is 0 Å². The lowest BCUT2D eigenvalue weighted by Crippen LogP contribution is -1.96. The molecule has 94 valence electrons. The van der Waals surface area contributed by atoms with Crippen LogP contribution < -0.4 is 15.2 Å². The molecule has 0 aliphatic heterocycles. The molecule has 0 saturated heterocycles. The van der Waals surface area contributed by atoms with Gasteiger partial charge in [0.1, 0.15) is 11.5 Å². The standard InChI is InChI=1S/C13H11BrFNO2/c1-17-13-7-12(10(15)6-11(13)16)18-9-4-2-3-8(14)5-9/h2-7H,16H2,1H3. The maximum absolute atomic E-state index is 13.7. The quantitative estimate of drug-likeness (QED) is 0.872. The van der Waals surface area contributed by atoms with Crippen molar-refractivity contribution >= 4 is 21.6 Å². The van der Waals surface area contributed by atoms with Crippen LogP contribution in [0.15, 0.2) is 40.9 Å². The van der Waals surface area contributed by atoms with Crippen LogP contribution in [0.25, 0.3) is 0 Å². The second-order valence-electron chi connectivity index (χ2n) is 3.58. The Balaban J connectivity index is 2.34. The Morgan fingerprint density at radius 1 is 1.17 bits per heavy atom. The second-order valence-corrected chi connectivity index (χ2v) is 4.50. The summed E-state index contributed by atoms with van der Waals surface area (Å²) in [4.78, 5) is 0. The van der Waals surface area contributed by atoms with Crippen LogP contribution in [0.4, 0.5) is 10.1 Å². The lowest BCUT2D eigenvalue weighted by Gasteiger charge is -2.10. The molecule has 0 fully saturated rings. The Hall–Kier alpha value is -1.75. The molecule has 18 heavy (non-hydrogen) atoms. The fourth-order valence-corrected chi connectivity index (χ4v) is 1.84. The van der Waals surface area contributed by atoms with Crippen molar-refractivity contribution in [3.05, 3.63) is 46.7 Å². The van der Waals surface area contributed by atoms with Crippen molar-refractivity contribution in [1.29, 1.82) is 0 Å². The third-order valence-electron chi connectivity index (χ3n) is 2.31. The average Bonchev–Trinajstić information content (AvgIpc) is 2.33. The van der Waals surface area contributed by atoms with E-state index in [1.54, 1.807) is 18.2 Å². The number of methoxy groups -OCH3 is 1. The molecule has 0 atom stereocenters. The van der Waals surface area contributed by atoms with Crippen LogP contribution >= 0.6 is 15.9 Å². The van der Waals surface area contributed by atoms with Crippen LogP contribution in [-0.4, -0.2) is 7.11 Å². The van der Waals surface area contributed by atoms with Gasteiger partial charge in [0.2, 0.25) is 0 Å². The van der Waals surface area contributed by atoms with E-state index in [1.165, 1.54) is 19.2 Å². The minimum absolute atomic E-state index is 0.0687. The summed E-state index contributed by atoms with van der Waals surface area (Å²) in [6.45, 7) is 0. The fraction of sp³-hybridized carbons (Fsp3) is 0.0769. The van der Waals surface area contributed by atoms with E-state index < -0.39 is 5.82 Å². The lowest BCUT2D eigenvalue weighted by atomic mass is 10.2. The number of hydrogen-bond donors (Lipinski definition) is 1. The van der Waals surface area contributed by atoms with Crippen molar-refractivity contribution in [1.82, 2.24) is 0 Å². The van der Waals surface area contributed by atoms with E-state index in [4.69, 9.17) is 15.2 Å². The molecule has 0 aliphatic carbocycles. The molecule has 0 heterocycles. The highest BCUT2D eigenvalue weighted by Crippen LogP contribution is 2.33. The zero-order valence-corrected chi connectivity index (χ0v) is 11.2. The van der Waals surface area contributed by atoms with E-state index in [0.717, 1.165) is 4.47 Å². The summed E-state index contributed by atoms with van der Waals surface area (Å²) in [5.41, 5.74) is 5.82. The summed E-state index contributed by atoms with van der Waals surface area (Å²) in [5.74, 6) is 0.434. The molecule has 0 aliphatic rings. The monoisotopic (exact) mass is 311 g/mol. The van der Waals surface area contributed by atoms with Gasteiger partial charge in [-0.05, 0) is 18.2 Å². The summed E-state index contributed by atoms with van der Waals surface area (Å²) >= 11 is 3.32. The lowest BCUT2D eigenvalue weighted by molar-refractivity contribution is 0.403. The molecule has 0 saturated carbocycles. The number of hydrogen-bond acceptors (Lipinski definition) is 3. The van der Waals surface area contributed by atoms with Crippen molar-refractivity contribution in [3.63, 3.8) is 0 Å². The number of nitrogen functional groups attached to an aromatic ring is 1. The second kappa shape index (κ2) is 5.27. The topological polar surface area (TPSA) is 44.5 Å². The third-order valence-corrected chi connectivity index (χ3v) is 2.80. The van der Waals surface area contributed by atoms with Crippen molar-refractivity contribution in [2.75, 3.05) is 12.8 Å². The maximum atomic E-state index is 13.7. The Morgan fingerprint density at radius 2 is 1.94 bits per heavy atom. The number of nitrogens with two attached hydrogens (primary N) is 1. The van der Waals surface area contributed by atoms with Crippen LogP contribution in [0.5, 0.6) is 17.2 Å². The van der Waals surface area contributed by atoms with Crippen molar-refractivity contribution in [2.24, 2.45) is 0 Å². The summed E-state index contributed by atoms with van der Waals surface area (Å²) < 4.78 is 25.0. The molecule has 0 unspecified atom stereocenters. The first-order valence-electron chi connectivity index (χ1n) is 5.16. The van der Waals surface area contributed by atoms with E-state index in [2.05, 4.69) is 15.9 Å². The van der Waals surface area contributed by atoms with Gasteiger partial charge in [0.25, 0.3) is 0 Å². The molecule has 3 nitrogen and oxygen atoms in total. The number of rotatable bonds is 3. The van der Waals surface area contributed by atoms with E-state index in [0.29, 0.717) is 11.5 Å². The van der Waals surface area contributed by atoms with Gasteiger partial charge >= 0.3 is 0 Å². The van der Waals surface area contributed by atoms with Gasteiger partial charge in [0.15, 0.2) is 11.6 Å². The van der Waals surface area contributed by atoms with Crippen LogP contribution in [0.1, 0.15) is 0 Å². The van der Waals surface area contributed by atoms with Gasteiger partial charge in [0.05, 0.1) is 12.8 Å². The minimum atomic E-state index is -0.534. The highest BCUT2D eigenvalue weighted by atomic mass is 79.9. The van der Waals surface area contributed by atoms with Crippen molar-refractivity contribution < 1.29 is 13.9 Å². The molecule has 2 aromatic rings. The molecular formula is C13H11BrFNO2. The van der Waals surface area contributed by atoms with E-state index in [1.807, 2.05) is 6.07 Å². The minimum Gasteiger partial charge on any atom is -0.494 e. The zero-order chi connectivity index (χ0) is 13.1. The van der Waals surface area contributed by atoms with Gasteiger partial charge in [-0.1, -0.05) is 22.0 Å². The predicted molar refractivity (Wildman–Crippen MR) is 71.6 cm³/mol. The van der Waals surface area contributed by atoms with Gasteiger partial charge in [-0.25, -0.2) is 4.39 Å². The third kappa shape index (κ3) is 2.73. The zero-order valence-electron chi connectivity index (χ0n) is 9.61. The Bertz CT molecular complexity index is 575. The first kappa shape index (κ1) is 12.7. The summed E-state index contributed by atoms with van der Waals surface area (Å²) in [6, 6.07) is 9.71. The molecule has 2 N–H and O–H groups in total. The Labute approximate surface area is 112 Å². The van der Waals surface area contributed by atoms with Gasteiger partial charge in [-0.3, -0.25) is 0 Å². The Morgan fingerprint density at radius 3 is 2.61 bits per heavy atom. The summed E-state index contributed by atoms with van der Waals surface area (Å²) in [5, 5.41) is 0. The molecule has 0 radical (unpaired) electrons. The van der Waals surface area contributed by atoms with Crippen LogP contribution in [0.2, 0.25) is 0 Å². The number of anilines is 1. The first-order valence-corrected chi connectivity index (χ1v) is 5.96. The normalized spacial score (nSPS) is 10.2. The van der Waals surface area contributed by atoms with Crippen molar-refractivity contribution in [2.45, 2.75) is 0 Å². The smallest absolute Gasteiger partial charge is 0.168 e. The number of benzene rings is 2. The molecule has 5 heteroatoms. The molecule has 2 rings (SSSR count). The van der Waals surface area contributed by atoms with Gasteiger partial charge < -0.3 is 15.2 Å². The number of halogens is 2. The van der Waals surface area contributed by atoms with Gasteiger partial charge in [-0.2, -0.15) is 0 Å². The average molecular weight is 312 g/mol. The highest BCUT2D eigenvalue weighted by molar-refractivity contribution is 9.10. The van der Waals surface area contributed by atoms with Crippen molar-refractivity contribution in [3.8, 4) is 17.2 Å². The highest BCUT2D eigenvalue weighted by Gasteiger charge is 2.10. The largest absolute Gasteiger partial charge is 0.494 e. The molecule has 0 spiro atoms. The van der Waals surface area contributed by atoms with E-state index in [9.17, 15) is 4.39 Å². The molecular weight excluding hydrogens is 301 g/mol. The fourth-order valence-electron chi connectivity index (χ4n) is 1.46. The molecule has 2 aromatic carbocycles. The summed E-state index contributed by atoms with van der Waals surface area (Å²) in [6.07, 6.45) is 0. The van der Waals surface area contributed by atoms with E-state index in [-0.39, 0.29) is 11.4 Å². The number of ether oxygens (including phenoxy) is 2. The van der Waals surface area contributed by atoms with Gasteiger partial charge in [0, 0.05) is 16.6 Å². The molecule has 0 bridgehead atoms.